The number of carbonyl (C=O) groups is 2. The number of nitrogens with one attached hydrogen (secondary N) is 1. The molecule has 0 saturated heterocycles. The molecule has 0 heterocycles. The van der Waals surface area contributed by atoms with Gasteiger partial charge in [0, 0.05) is 0 Å². The lowest BCUT2D eigenvalue weighted by atomic mass is 10.1. The summed E-state index contributed by atoms with van der Waals surface area (Å²) >= 11 is 0. The van der Waals surface area contributed by atoms with Crippen LogP contribution in [0, 0.1) is 0 Å². The van der Waals surface area contributed by atoms with Crippen molar-refractivity contribution in [2.75, 3.05) is 13.7 Å². The van der Waals surface area contributed by atoms with Crippen molar-refractivity contribution < 1.29 is 28.9 Å². The molecule has 0 spiro atoms. The number of carbonyl (C=O) groups excluding carboxylic acids is 1. The molecule has 0 saturated carbocycles. The number of alkyl carbamates (subject to hydrolysis) is 1. The minimum atomic E-state index is -1.16. The van der Waals surface area contributed by atoms with Crippen LogP contribution in [-0.2, 0) is 11.2 Å². The van der Waals surface area contributed by atoms with E-state index < -0.39 is 23.7 Å². The second-order valence-electron chi connectivity index (χ2n) is 7.48. The third-order valence-electron chi connectivity index (χ3n) is 3.91. The Morgan fingerprint density at radius 3 is 2.28 bits per heavy atom. The van der Waals surface area contributed by atoms with E-state index in [1.807, 2.05) is 30.3 Å². The van der Waals surface area contributed by atoms with Gasteiger partial charge in [0.25, 0.3) is 0 Å². The molecule has 0 aliphatic heterocycles. The molecule has 29 heavy (non-hydrogen) atoms. The average molecular weight is 401 g/mol. The fraction of sp³-hybridized carbons (Fsp3) is 0.364. The van der Waals surface area contributed by atoms with Crippen molar-refractivity contribution in [2.24, 2.45) is 0 Å². The number of hydrogen-bond acceptors (Lipinski definition) is 5. The normalized spacial score (nSPS) is 12.0. The van der Waals surface area contributed by atoms with Gasteiger partial charge in [-0.2, -0.15) is 0 Å². The minimum absolute atomic E-state index is 0.0571. The van der Waals surface area contributed by atoms with Crippen molar-refractivity contribution in [1.82, 2.24) is 5.32 Å². The summed E-state index contributed by atoms with van der Waals surface area (Å²) in [5.41, 5.74) is 0.304. The lowest BCUT2D eigenvalue weighted by Crippen LogP contribution is -2.43. The molecule has 2 N–H and O–H groups in total. The molecule has 0 radical (unpaired) electrons. The maximum atomic E-state index is 12.2. The van der Waals surface area contributed by atoms with Gasteiger partial charge >= 0.3 is 12.1 Å². The van der Waals surface area contributed by atoms with Gasteiger partial charge in [0.2, 0.25) is 0 Å². The van der Waals surface area contributed by atoms with Crippen LogP contribution in [0.25, 0.3) is 0 Å². The first-order valence-electron chi connectivity index (χ1n) is 9.26. The van der Waals surface area contributed by atoms with Crippen LogP contribution in [0.1, 0.15) is 36.7 Å². The van der Waals surface area contributed by atoms with Crippen molar-refractivity contribution in [2.45, 2.75) is 38.8 Å². The number of benzene rings is 2. The zero-order valence-corrected chi connectivity index (χ0v) is 17.1. The van der Waals surface area contributed by atoms with E-state index in [1.54, 1.807) is 39.0 Å². The number of carboxylic acids is 1. The molecule has 0 bridgehead atoms. The maximum Gasteiger partial charge on any atom is 0.408 e. The van der Waals surface area contributed by atoms with Gasteiger partial charge in [0.05, 0.1) is 13.2 Å². The minimum Gasteiger partial charge on any atom is -0.496 e. The van der Waals surface area contributed by atoms with Crippen molar-refractivity contribution in [3.8, 4) is 11.5 Å². The third-order valence-corrected chi connectivity index (χ3v) is 3.91. The van der Waals surface area contributed by atoms with E-state index in [1.165, 1.54) is 7.11 Å². The van der Waals surface area contributed by atoms with E-state index in [4.69, 9.17) is 14.2 Å². The molecular formula is C22H27NO6. The molecule has 0 fully saturated rings. The van der Waals surface area contributed by atoms with Crippen molar-refractivity contribution in [1.29, 1.82) is 0 Å². The van der Waals surface area contributed by atoms with E-state index in [-0.39, 0.29) is 23.7 Å². The zero-order chi connectivity index (χ0) is 21.4. The van der Waals surface area contributed by atoms with E-state index >= 15 is 0 Å². The lowest BCUT2D eigenvalue weighted by Gasteiger charge is -2.24. The molecule has 7 heteroatoms. The highest BCUT2D eigenvalue weighted by Gasteiger charge is 2.22. The molecule has 0 aliphatic carbocycles. The Morgan fingerprint density at radius 1 is 1.03 bits per heavy atom. The first kappa shape index (κ1) is 22.1. The largest absolute Gasteiger partial charge is 0.496 e. The molecule has 2 rings (SSSR count). The van der Waals surface area contributed by atoms with Gasteiger partial charge in [-0.1, -0.05) is 36.4 Å². The smallest absolute Gasteiger partial charge is 0.408 e. The summed E-state index contributed by atoms with van der Waals surface area (Å²) < 4.78 is 16.2. The third kappa shape index (κ3) is 7.03. The van der Waals surface area contributed by atoms with E-state index in [9.17, 15) is 14.7 Å². The Kier molecular flexibility index (Phi) is 7.47. The highest BCUT2D eigenvalue weighted by Crippen LogP contribution is 2.28. The Balaban J connectivity index is 2.17. The molecule has 2 aromatic rings. The SMILES string of the molecule is COc1cccc(OCC(Cc2ccccc2)NC(=O)OC(C)(C)C)c1C(=O)O. The van der Waals surface area contributed by atoms with Crippen LogP contribution in [0.4, 0.5) is 4.79 Å². The Hall–Kier alpha value is -3.22. The van der Waals surface area contributed by atoms with Crippen LogP contribution >= 0.6 is 0 Å². The van der Waals surface area contributed by atoms with Gasteiger partial charge in [-0.3, -0.25) is 0 Å². The summed E-state index contributed by atoms with van der Waals surface area (Å²) in [4.78, 5) is 23.9. The van der Waals surface area contributed by atoms with E-state index in [0.29, 0.717) is 6.42 Å². The number of amides is 1. The summed E-state index contributed by atoms with van der Waals surface area (Å²) in [5.74, 6) is -0.784. The Morgan fingerprint density at radius 2 is 1.69 bits per heavy atom. The highest BCUT2D eigenvalue weighted by molar-refractivity contribution is 5.94. The van der Waals surface area contributed by atoms with Gasteiger partial charge in [0.15, 0.2) is 0 Å². The number of carboxylic acid groups (broad SMARTS) is 1. The number of methoxy groups -OCH3 is 1. The standard InChI is InChI=1S/C22H27NO6/c1-22(2,3)29-21(26)23-16(13-15-9-6-5-7-10-15)14-28-18-12-8-11-17(27-4)19(18)20(24)25/h5-12,16H,13-14H2,1-4H3,(H,23,26)(H,24,25). The molecule has 1 unspecified atom stereocenters. The van der Waals surface area contributed by atoms with Gasteiger partial charge in [-0.25, -0.2) is 9.59 Å². The maximum absolute atomic E-state index is 12.2. The van der Waals surface area contributed by atoms with Crippen LogP contribution in [0.3, 0.4) is 0 Å². The first-order chi connectivity index (χ1) is 13.7. The monoisotopic (exact) mass is 401 g/mol. The fourth-order valence-corrected chi connectivity index (χ4v) is 2.73. The van der Waals surface area contributed by atoms with E-state index in [2.05, 4.69) is 5.32 Å². The first-order valence-corrected chi connectivity index (χ1v) is 9.26. The quantitative estimate of drug-likeness (QED) is 0.697. The summed E-state index contributed by atoms with van der Waals surface area (Å²) in [6.07, 6.45) is -0.0713. The second kappa shape index (κ2) is 9.82. The summed E-state index contributed by atoms with van der Waals surface area (Å²) in [5, 5.41) is 12.3. The summed E-state index contributed by atoms with van der Waals surface area (Å²) in [6, 6.07) is 13.9. The molecule has 0 aromatic heterocycles. The molecular weight excluding hydrogens is 374 g/mol. The van der Waals surface area contributed by atoms with Crippen LogP contribution in [-0.4, -0.2) is 42.5 Å². The average Bonchev–Trinajstić information content (AvgIpc) is 2.64. The second-order valence-corrected chi connectivity index (χ2v) is 7.48. The van der Waals surface area contributed by atoms with Crippen LogP contribution < -0.4 is 14.8 Å². The number of rotatable bonds is 8. The van der Waals surface area contributed by atoms with E-state index in [0.717, 1.165) is 5.56 Å². The molecule has 1 amide bonds. The van der Waals surface area contributed by atoms with Gasteiger partial charge in [-0.15, -0.1) is 0 Å². The van der Waals surface area contributed by atoms with Crippen LogP contribution in [0.5, 0.6) is 11.5 Å². The topological polar surface area (TPSA) is 94.1 Å². The van der Waals surface area contributed by atoms with Crippen molar-refractivity contribution in [3.05, 3.63) is 59.7 Å². The Bertz CT molecular complexity index is 829. The highest BCUT2D eigenvalue weighted by atomic mass is 16.6. The van der Waals surface area contributed by atoms with Gasteiger partial charge in [0.1, 0.15) is 29.3 Å². The molecule has 1 atom stereocenters. The number of aromatic carboxylic acids is 1. The predicted octanol–water partition coefficient (Wildman–Crippen LogP) is 3.91. The van der Waals surface area contributed by atoms with Gasteiger partial charge < -0.3 is 24.6 Å². The predicted molar refractivity (Wildman–Crippen MR) is 109 cm³/mol. The van der Waals surface area contributed by atoms with Crippen molar-refractivity contribution >= 4 is 12.1 Å². The fourth-order valence-electron chi connectivity index (χ4n) is 2.73. The Labute approximate surface area is 170 Å². The number of ether oxygens (including phenoxy) is 3. The van der Waals surface area contributed by atoms with Crippen LogP contribution in [0.15, 0.2) is 48.5 Å². The van der Waals surface area contributed by atoms with Gasteiger partial charge in [-0.05, 0) is 44.9 Å². The molecule has 2 aromatic carbocycles. The lowest BCUT2D eigenvalue weighted by molar-refractivity contribution is 0.0485. The number of hydrogen-bond donors (Lipinski definition) is 2. The zero-order valence-electron chi connectivity index (χ0n) is 17.1. The van der Waals surface area contributed by atoms with Crippen molar-refractivity contribution in [3.63, 3.8) is 0 Å². The molecule has 0 aliphatic rings. The summed E-state index contributed by atoms with van der Waals surface area (Å²) in [7, 11) is 1.40. The molecule has 7 nitrogen and oxygen atoms in total. The van der Waals surface area contributed by atoms with Crippen LogP contribution in [0.2, 0.25) is 0 Å². The summed E-state index contributed by atoms with van der Waals surface area (Å²) in [6.45, 7) is 5.40. The molecule has 156 valence electrons.